The zero-order chi connectivity index (χ0) is 38.4. The van der Waals surface area contributed by atoms with E-state index >= 15 is 0 Å². The minimum atomic E-state index is 0.633. The minimum absolute atomic E-state index is 0.633. The SMILES string of the molecule is c1ccc(-c2ccc3c(-c4nc(-c5ccc6cc(-c7cccc8ccccc78)ccc6c5)nc(-c5ccc(-c6ccccc6)c6ccccc56)n4)cccc3c2)cc1. The normalized spacial score (nSPS) is 11.4. The molecule has 0 saturated heterocycles. The summed E-state index contributed by atoms with van der Waals surface area (Å²) < 4.78 is 0. The molecular weight excluding hydrogens is 703 g/mol. The number of nitrogens with zero attached hydrogens (tertiary/aromatic N) is 3. The molecule has 0 spiro atoms. The summed E-state index contributed by atoms with van der Waals surface area (Å²) in [5.74, 6) is 1.91. The van der Waals surface area contributed by atoms with Crippen LogP contribution in [0.15, 0.2) is 212 Å². The van der Waals surface area contributed by atoms with Crippen molar-refractivity contribution in [3.05, 3.63) is 212 Å². The van der Waals surface area contributed by atoms with Crippen LogP contribution in [-0.4, -0.2) is 15.0 Å². The summed E-state index contributed by atoms with van der Waals surface area (Å²) in [6.45, 7) is 0. The number of hydrogen-bond acceptors (Lipinski definition) is 3. The third-order valence-electron chi connectivity index (χ3n) is 11.3. The van der Waals surface area contributed by atoms with E-state index in [-0.39, 0.29) is 0 Å². The molecule has 0 fully saturated rings. The Labute approximate surface area is 336 Å². The summed E-state index contributed by atoms with van der Waals surface area (Å²) in [6, 6.07) is 75.4. The maximum atomic E-state index is 5.29. The highest BCUT2D eigenvalue weighted by atomic mass is 15.0. The van der Waals surface area contributed by atoms with Crippen molar-refractivity contribution in [2.24, 2.45) is 0 Å². The third-order valence-corrected chi connectivity index (χ3v) is 11.3. The molecule has 0 amide bonds. The second-order valence-corrected chi connectivity index (χ2v) is 14.8. The Hall–Kier alpha value is -7.75. The lowest BCUT2D eigenvalue weighted by atomic mass is 9.94. The van der Waals surface area contributed by atoms with Gasteiger partial charge in [-0.05, 0) is 101 Å². The van der Waals surface area contributed by atoms with Gasteiger partial charge in [0, 0.05) is 16.7 Å². The Morgan fingerprint density at radius 2 is 0.672 bits per heavy atom. The molecule has 0 aliphatic heterocycles. The van der Waals surface area contributed by atoms with E-state index in [1.54, 1.807) is 0 Å². The summed E-state index contributed by atoms with van der Waals surface area (Å²) in [7, 11) is 0. The fourth-order valence-electron chi connectivity index (χ4n) is 8.43. The van der Waals surface area contributed by atoms with Gasteiger partial charge in [-0.15, -0.1) is 0 Å². The molecule has 0 saturated carbocycles. The largest absolute Gasteiger partial charge is 0.208 e. The maximum absolute atomic E-state index is 5.29. The summed E-state index contributed by atoms with van der Waals surface area (Å²) in [5.41, 5.74) is 10.00. The highest BCUT2D eigenvalue weighted by molar-refractivity contribution is 6.05. The van der Waals surface area contributed by atoms with Gasteiger partial charge < -0.3 is 0 Å². The van der Waals surface area contributed by atoms with E-state index in [1.807, 2.05) is 0 Å². The minimum Gasteiger partial charge on any atom is -0.208 e. The first kappa shape index (κ1) is 33.6. The van der Waals surface area contributed by atoms with Gasteiger partial charge in [0.25, 0.3) is 0 Å². The van der Waals surface area contributed by atoms with Gasteiger partial charge in [-0.1, -0.05) is 188 Å². The molecule has 3 nitrogen and oxygen atoms in total. The van der Waals surface area contributed by atoms with Gasteiger partial charge in [0.1, 0.15) is 0 Å². The quantitative estimate of drug-likeness (QED) is 0.171. The van der Waals surface area contributed by atoms with Crippen molar-refractivity contribution < 1.29 is 0 Å². The fraction of sp³-hybridized carbons (Fsp3) is 0. The molecular formula is C55H35N3. The van der Waals surface area contributed by atoms with Gasteiger partial charge in [-0.3, -0.25) is 0 Å². The van der Waals surface area contributed by atoms with Crippen LogP contribution in [0.1, 0.15) is 0 Å². The highest BCUT2D eigenvalue weighted by Crippen LogP contribution is 2.38. The van der Waals surface area contributed by atoms with Crippen LogP contribution in [0.3, 0.4) is 0 Å². The molecule has 0 unspecified atom stereocenters. The molecule has 0 aliphatic rings. The zero-order valence-corrected chi connectivity index (χ0v) is 31.5. The van der Waals surface area contributed by atoms with Gasteiger partial charge >= 0.3 is 0 Å². The van der Waals surface area contributed by atoms with Gasteiger partial charge in [-0.2, -0.15) is 0 Å². The molecule has 0 radical (unpaired) electrons. The molecule has 10 aromatic carbocycles. The van der Waals surface area contributed by atoms with E-state index in [1.165, 1.54) is 44.2 Å². The Kier molecular flexibility index (Phi) is 8.15. The van der Waals surface area contributed by atoms with E-state index in [4.69, 9.17) is 15.0 Å². The Bertz CT molecular complexity index is 3330. The monoisotopic (exact) mass is 737 g/mol. The standard InChI is InChI=1S/C55H35N3/c1-3-13-36(14-4-1)39-29-30-48-42(33-39)19-12-24-51(48)54-56-53(57-55(58-54)52-32-31-47(37-15-5-2-6-16-37)49-21-9-10-22-50(49)52)44-28-26-40-34-43(27-25-41(40)35-44)46-23-11-18-38-17-7-8-20-45(38)46/h1-35H. The van der Waals surface area contributed by atoms with Crippen molar-refractivity contribution in [1.82, 2.24) is 15.0 Å². The van der Waals surface area contributed by atoms with Gasteiger partial charge in [0.05, 0.1) is 0 Å². The smallest absolute Gasteiger partial charge is 0.164 e. The van der Waals surface area contributed by atoms with Crippen LogP contribution in [0.25, 0.3) is 111 Å². The van der Waals surface area contributed by atoms with Crippen molar-refractivity contribution in [2.75, 3.05) is 0 Å². The predicted octanol–water partition coefficient (Wildman–Crippen LogP) is 14.5. The molecule has 1 heterocycles. The molecule has 11 aromatic rings. The van der Waals surface area contributed by atoms with Crippen LogP contribution in [0.5, 0.6) is 0 Å². The number of hydrogen-bond donors (Lipinski definition) is 0. The first-order valence-corrected chi connectivity index (χ1v) is 19.7. The van der Waals surface area contributed by atoms with Crippen LogP contribution in [-0.2, 0) is 0 Å². The maximum Gasteiger partial charge on any atom is 0.164 e. The van der Waals surface area contributed by atoms with E-state index < -0.39 is 0 Å². The molecule has 58 heavy (non-hydrogen) atoms. The second-order valence-electron chi connectivity index (χ2n) is 14.8. The third kappa shape index (κ3) is 5.98. The number of aromatic nitrogens is 3. The second kappa shape index (κ2) is 14.1. The van der Waals surface area contributed by atoms with Crippen LogP contribution in [0.2, 0.25) is 0 Å². The zero-order valence-electron chi connectivity index (χ0n) is 31.5. The van der Waals surface area contributed by atoms with Crippen molar-refractivity contribution >= 4 is 43.1 Å². The van der Waals surface area contributed by atoms with Gasteiger partial charge in [0.2, 0.25) is 0 Å². The average Bonchev–Trinajstić information content (AvgIpc) is 3.30. The molecule has 270 valence electrons. The van der Waals surface area contributed by atoms with Gasteiger partial charge in [-0.25, -0.2) is 15.0 Å². The van der Waals surface area contributed by atoms with Gasteiger partial charge in [0.15, 0.2) is 17.5 Å². The van der Waals surface area contributed by atoms with E-state index in [9.17, 15) is 0 Å². The highest BCUT2D eigenvalue weighted by Gasteiger charge is 2.18. The van der Waals surface area contributed by atoms with Crippen molar-refractivity contribution in [3.63, 3.8) is 0 Å². The molecule has 11 rings (SSSR count). The lowest BCUT2D eigenvalue weighted by Crippen LogP contribution is -2.01. The summed E-state index contributed by atoms with van der Waals surface area (Å²) >= 11 is 0. The number of benzene rings is 10. The van der Waals surface area contributed by atoms with Crippen LogP contribution < -0.4 is 0 Å². The molecule has 1 aromatic heterocycles. The van der Waals surface area contributed by atoms with Crippen molar-refractivity contribution in [1.29, 1.82) is 0 Å². The Morgan fingerprint density at radius 1 is 0.207 bits per heavy atom. The number of fused-ring (bicyclic) bond motifs is 4. The van der Waals surface area contributed by atoms with Crippen LogP contribution >= 0.6 is 0 Å². The summed E-state index contributed by atoms with van der Waals surface area (Å²) in [5, 5.41) is 9.25. The van der Waals surface area contributed by atoms with Crippen LogP contribution in [0.4, 0.5) is 0 Å². The van der Waals surface area contributed by atoms with Crippen LogP contribution in [0, 0.1) is 0 Å². The van der Waals surface area contributed by atoms with E-state index in [0.717, 1.165) is 49.0 Å². The molecule has 0 bridgehead atoms. The lowest BCUT2D eigenvalue weighted by molar-refractivity contribution is 1.08. The summed E-state index contributed by atoms with van der Waals surface area (Å²) in [6.07, 6.45) is 0. The van der Waals surface area contributed by atoms with Crippen molar-refractivity contribution in [3.8, 4) is 67.5 Å². The molecule has 0 atom stereocenters. The Morgan fingerprint density at radius 3 is 1.43 bits per heavy atom. The summed E-state index contributed by atoms with van der Waals surface area (Å²) in [4.78, 5) is 15.8. The average molecular weight is 738 g/mol. The predicted molar refractivity (Wildman–Crippen MR) is 242 cm³/mol. The fourth-order valence-corrected chi connectivity index (χ4v) is 8.43. The Balaban J connectivity index is 1.08. The number of rotatable bonds is 6. The van der Waals surface area contributed by atoms with E-state index in [0.29, 0.717) is 17.5 Å². The first-order chi connectivity index (χ1) is 28.7. The van der Waals surface area contributed by atoms with Crippen molar-refractivity contribution in [2.45, 2.75) is 0 Å². The first-order valence-electron chi connectivity index (χ1n) is 19.7. The molecule has 0 aliphatic carbocycles. The molecule has 0 N–H and O–H groups in total. The van der Waals surface area contributed by atoms with E-state index in [2.05, 4.69) is 212 Å². The lowest BCUT2D eigenvalue weighted by Gasteiger charge is -2.14. The molecule has 3 heteroatoms. The topological polar surface area (TPSA) is 38.7 Å².